The van der Waals surface area contributed by atoms with Crippen molar-refractivity contribution in [2.45, 2.75) is 13.5 Å². The largest absolute Gasteiger partial charge is 0.493 e. The van der Waals surface area contributed by atoms with Gasteiger partial charge in [-0.05, 0) is 19.1 Å². The van der Waals surface area contributed by atoms with Crippen molar-refractivity contribution < 1.29 is 14.0 Å². The van der Waals surface area contributed by atoms with Gasteiger partial charge in [-0.25, -0.2) is 0 Å². The average molecular weight is 249 g/mol. The normalized spacial score (nSPS) is 10.4. The summed E-state index contributed by atoms with van der Waals surface area (Å²) in [6.07, 6.45) is 0. The van der Waals surface area contributed by atoms with Crippen LogP contribution in [0, 0.1) is 0 Å². The molecule has 0 amide bonds. The van der Waals surface area contributed by atoms with Gasteiger partial charge < -0.3 is 19.7 Å². The number of methoxy groups -OCH3 is 1. The van der Waals surface area contributed by atoms with E-state index in [0.29, 0.717) is 29.8 Å². The van der Waals surface area contributed by atoms with Crippen molar-refractivity contribution in [3.05, 3.63) is 24.1 Å². The molecule has 2 rings (SSSR count). The van der Waals surface area contributed by atoms with Crippen molar-refractivity contribution in [3.8, 4) is 22.9 Å². The number of nitrogens with two attached hydrogens (primary N) is 1. The van der Waals surface area contributed by atoms with E-state index in [1.807, 2.05) is 25.1 Å². The molecule has 1 aromatic heterocycles. The van der Waals surface area contributed by atoms with Crippen molar-refractivity contribution in [2.24, 2.45) is 5.73 Å². The van der Waals surface area contributed by atoms with Crippen LogP contribution in [-0.4, -0.2) is 23.9 Å². The Bertz CT molecular complexity index is 525. The molecule has 2 N–H and O–H groups in total. The molecule has 6 nitrogen and oxygen atoms in total. The van der Waals surface area contributed by atoms with E-state index in [0.717, 1.165) is 5.56 Å². The van der Waals surface area contributed by atoms with Crippen molar-refractivity contribution in [2.75, 3.05) is 13.7 Å². The lowest BCUT2D eigenvalue weighted by molar-refractivity contribution is 0.312. The summed E-state index contributed by atoms with van der Waals surface area (Å²) in [6, 6.07) is 5.51. The number of ether oxygens (including phenoxy) is 2. The topological polar surface area (TPSA) is 83.4 Å². The molecule has 0 fully saturated rings. The van der Waals surface area contributed by atoms with Gasteiger partial charge in [-0.2, -0.15) is 4.98 Å². The SMILES string of the molecule is CCOc1c(OC)cccc1-c1noc(CN)n1. The van der Waals surface area contributed by atoms with Crippen LogP contribution in [0.25, 0.3) is 11.4 Å². The maximum Gasteiger partial charge on any atom is 0.240 e. The maximum atomic E-state index is 5.58. The van der Waals surface area contributed by atoms with E-state index in [1.165, 1.54) is 0 Å². The van der Waals surface area contributed by atoms with E-state index >= 15 is 0 Å². The number of para-hydroxylation sites is 1. The summed E-state index contributed by atoms with van der Waals surface area (Å²) in [5, 5.41) is 3.87. The fourth-order valence-corrected chi connectivity index (χ4v) is 1.59. The molecule has 0 atom stereocenters. The lowest BCUT2D eigenvalue weighted by Gasteiger charge is -2.11. The second-order valence-corrected chi connectivity index (χ2v) is 3.49. The molecular weight excluding hydrogens is 234 g/mol. The van der Waals surface area contributed by atoms with Gasteiger partial charge in [-0.3, -0.25) is 0 Å². The molecule has 0 aliphatic heterocycles. The molecule has 0 saturated heterocycles. The van der Waals surface area contributed by atoms with Crippen LogP contribution in [0.5, 0.6) is 11.5 Å². The van der Waals surface area contributed by atoms with Crippen molar-refractivity contribution in [1.82, 2.24) is 10.1 Å². The van der Waals surface area contributed by atoms with Crippen molar-refractivity contribution in [1.29, 1.82) is 0 Å². The van der Waals surface area contributed by atoms with Gasteiger partial charge >= 0.3 is 0 Å². The summed E-state index contributed by atoms with van der Waals surface area (Å²) in [5.41, 5.74) is 6.16. The van der Waals surface area contributed by atoms with Crippen LogP contribution in [0.3, 0.4) is 0 Å². The molecule has 1 aromatic carbocycles. The summed E-state index contributed by atoms with van der Waals surface area (Å²) >= 11 is 0. The van der Waals surface area contributed by atoms with Gasteiger partial charge in [-0.15, -0.1) is 0 Å². The zero-order chi connectivity index (χ0) is 13.0. The first-order valence-corrected chi connectivity index (χ1v) is 5.63. The van der Waals surface area contributed by atoms with E-state index in [1.54, 1.807) is 7.11 Å². The number of rotatable bonds is 5. The van der Waals surface area contributed by atoms with Gasteiger partial charge in [0.15, 0.2) is 11.5 Å². The van der Waals surface area contributed by atoms with Crippen molar-refractivity contribution >= 4 is 0 Å². The molecule has 0 aliphatic rings. The van der Waals surface area contributed by atoms with Crippen molar-refractivity contribution in [3.63, 3.8) is 0 Å². The highest BCUT2D eigenvalue weighted by Gasteiger charge is 2.16. The van der Waals surface area contributed by atoms with Gasteiger partial charge in [-0.1, -0.05) is 11.2 Å². The van der Waals surface area contributed by atoms with Crippen LogP contribution >= 0.6 is 0 Å². The first-order chi connectivity index (χ1) is 8.80. The summed E-state index contributed by atoms with van der Waals surface area (Å²) in [5.74, 6) is 2.06. The molecule has 18 heavy (non-hydrogen) atoms. The monoisotopic (exact) mass is 249 g/mol. The molecule has 0 radical (unpaired) electrons. The summed E-state index contributed by atoms with van der Waals surface area (Å²) in [7, 11) is 1.59. The molecule has 0 bridgehead atoms. The fourth-order valence-electron chi connectivity index (χ4n) is 1.59. The Hall–Kier alpha value is -2.08. The third kappa shape index (κ3) is 2.28. The quantitative estimate of drug-likeness (QED) is 0.866. The fraction of sp³-hybridized carbons (Fsp3) is 0.333. The smallest absolute Gasteiger partial charge is 0.240 e. The highest BCUT2D eigenvalue weighted by atomic mass is 16.5. The third-order valence-electron chi connectivity index (χ3n) is 2.37. The molecule has 1 heterocycles. The Morgan fingerprint density at radius 3 is 2.83 bits per heavy atom. The highest BCUT2D eigenvalue weighted by Crippen LogP contribution is 2.36. The molecule has 0 spiro atoms. The molecule has 96 valence electrons. The number of nitrogens with zero attached hydrogens (tertiary/aromatic N) is 2. The van der Waals surface area contributed by atoms with Gasteiger partial charge in [0, 0.05) is 0 Å². The Balaban J connectivity index is 2.48. The number of aromatic nitrogens is 2. The Kier molecular flexibility index (Phi) is 3.78. The average Bonchev–Trinajstić information content (AvgIpc) is 2.88. The molecular formula is C12H15N3O3. The van der Waals surface area contributed by atoms with Crippen LogP contribution in [0.2, 0.25) is 0 Å². The van der Waals surface area contributed by atoms with E-state index in [2.05, 4.69) is 10.1 Å². The van der Waals surface area contributed by atoms with Gasteiger partial charge in [0.1, 0.15) is 0 Å². The first kappa shape index (κ1) is 12.4. The molecule has 0 unspecified atom stereocenters. The zero-order valence-electron chi connectivity index (χ0n) is 10.3. The number of benzene rings is 1. The van der Waals surface area contributed by atoms with Crippen LogP contribution in [0.15, 0.2) is 22.7 Å². The van der Waals surface area contributed by atoms with Gasteiger partial charge in [0.2, 0.25) is 11.7 Å². The number of hydrogen-bond donors (Lipinski definition) is 1. The predicted molar refractivity (Wildman–Crippen MR) is 65.3 cm³/mol. The maximum absolute atomic E-state index is 5.58. The second kappa shape index (κ2) is 5.50. The highest BCUT2D eigenvalue weighted by molar-refractivity contribution is 5.68. The first-order valence-electron chi connectivity index (χ1n) is 5.63. The minimum absolute atomic E-state index is 0.209. The summed E-state index contributed by atoms with van der Waals surface area (Å²) in [6.45, 7) is 2.63. The lowest BCUT2D eigenvalue weighted by Crippen LogP contribution is -1.99. The molecule has 0 aliphatic carbocycles. The summed E-state index contributed by atoms with van der Waals surface area (Å²) < 4.78 is 15.8. The summed E-state index contributed by atoms with van der Waals surface area (Å²) in [4.78, 5) is 4.18. The lowest BCUT2D eigenvalue weighted by atomic mass is 10.1. The van der Waals surface area contributed by atoms with Crippen LogP contribution in [0.4, 0.5) is 0 Å². The van der Waals surface area contributed by atoms with E-state index in [-0.39, 0.29) is 6.54 Å². The Labute approximate surface area is 105 Å². The van der Waals surface area contributed by atoms with E-state index < -0.39 is 0 Å². The third-order valence-corrected chi connectivity index (χ3v) is 2.37. The molecule has 0 saturated carbocycles. The van der Waals surface area contributed by atoms with Crippen LogP contribution in [-0.2, 0) is 6.54 Å². The van der Waals surface area contributed by atoms with E-state index in [4.69, 9.17) is 19.7 Å². The molecule has 2 aromatic rings. The minimum atomic E-state index is 0.209. The standard InChI is InChI=1S/C12H15N3O3/c1-3-17-11-8(5-4-6-9(11)16-2)12-14-10(7-13)18-15-12/h4-6H,3,7,13H2,1-2H3. The number of hydrogen-bond acceptors (Lipinski definition) is 6. The Morgan fingerprint density at radius 1 is 1.39 bits per heavy atom. The van der Waals surface area contributed by atoms with Crippen LogP contribution < -0.4 is 15.2 Å². The van der Waals surface area contributed by atoms with E-state index in [9.17, 15) is 0 Å². The predicted octanol–water partition coefficient (Wildman–Crippen LogP) is 1.60. The van der Waals surface area contributed by atoms with Crippen LogP contribution in [0.1, 0.15) is 12.8 Å². The zero-order valence-corrected chi connectivity index (χ0v) is 10.3. The van der Waals surface area contributed by atoms with Gasteiger partial charge in [0.05, 0.1) is 25.8 Å². The Morgan fingerprint density at radius 2 is 2.22 bits per heavy atom. The molecule has 6 heteroatoms. The minimum Gasteiger partial charge on any atom is -0.493 e. The second-order valence-electron chi connectivity index (χ2n) is 3.49. The van der Waals surface area contributed by atoms with Gasteiger partial charge in [0.25, 0.3) is 0 Å².